The highest BCUT2D eigenvalue weighted by Crippen LogP contribution is 2.30. The van der Waals surface area contributed by atoms with E-state index in [9.17, 15) is 19.2 Å². The molecule has 0 aliphatic heterocycles. The predicted octanol–water partition coefficient (Wildman–Crippen LogP) is 8.79. The first-order valence-electron chi connectivity index (χ1n) is 17.7. The Bertz CT molecular complexity index is 2300. The minimum atomic E-state index is -0.732. The maximum atomic E-state index is 14.1. The fourth-order valence-electron chi connectivity index (χ4n) is 5.53. The van der Waals surface area contributed by atoms with Crippen LogP contribution in [0, 0.1) is 0 Å². The van der Waals surface area contributed by atoms with E-state index in [1.54, 1.807) is 55.1 Å². The lowest BCUT2D eigenvalue weighted by atomic mass is 10.0. The number of anilines is 2. The molecule has 6 rings (SSSR count). The summed E-state index contributed by atoms with van der Waals surface area (Å²) in [5.41, 5.74) is 4.18. The summed E-state index contributed by atoms with van der Waals surface area (Å²) < 4.78 is 17.9. The zero-order valence-corrected chi connectivity index (χ0v) is 31.3. The first kappa shape index (κ1) is 38.7. The average Bonchev–Trinajstić information content (AvgIpc) is 3.65. The van der Waals surface area contributed by atoms with Gasteiger partial charge in [0.15, 0.2) is 0 Å². The number of para-hydroxylation sites is 1. The number of nitrogens with one attached hydrogen (secondary N) is 2. The van der Waals surface area contributed by atoms with Gasteiger partial charge >= 0.3 is 11.9 Å². The molecular formula is C44H37ClN4O7. The third-order valence-electron chi connectivity index (χ3n) is 8.32. The molecule has 1 heterocycles. The van der Waals surface area contributed by atoms with Gasteiger partial charge in [0, 0.05) is 39.3 Å². The Kier molecular flexibility index (Phi) is 12.7. The summed E-state index contributed by atoms with van der Waals surface area (Å²) in [6.07, 6.45) is 3.19. The first-order chi connectivity index (χ1) is 27.2. The fourth-order valence-corrected chi connectivity index (χ4v) is 5.72. The molecule has 1 aromatic heterocycles. The molecular weight excluding hydrogens is 732 g/mol. The Hall–Kier alpha value is -6.98. The SMILES string of the molecule is CCOC(=O)c1ccc(NC(=O)C(=Cc2cn(-c3ccccc3)nc2-c2cccc(OCc3ccccc3Cl)c2)C(=O)Nc2ccc(C(=O)OCC)cc2)cc1. The molecule has 0 bridgehead atoms. The molecule has 5 aromatic carbocycles. The van der Waals surface area contributed by atoms with Gasteiger partial charge in [-0.05, 0) is 98.8 Å². The van der Waals surface area contributed by atoms with Crippen LogP contribution in [-0.2, 0) is 25.7 Å². The second-order valence-corrected chi connectivity index (χ2v) is 12.6. The highest BCUT2D eigenvalue weighted by atomic mass is 35.5. The molecule has 0 fully saturated rings. The first-order valence-corrected chi connectivity index (χ1v) is 18.1. The summed E-state index contributed by atoms with van der Waals surface area (Å²) in [6, 6.07) is 36.4. The highest BCUT2D eigenvalue weighted by molar-refractivity contribution is 6.31. The smallest absolute Gasteiger partial charge is 0.338 e. The summed E-state index contributed by atoms with van der Waals surface area (Å²) >= 11 is 6.36. The van der Waals surface area contributed by atoms with Gasteiger partial charge in [0.05, 0.1) is 30.0 Å². The standard InChI is InChI=1S/C44H37ClN4O7/c1-3-54-43(52)29-17-21-34(22-18-29)46-41(50)38(42(51)47-35-23-19-30(20-24-35)44(53)55-4-2)26-33-27-49(36-13-6-5-7-14-36)48-40(33)31-12-10-15-37(25-31)56-28-32-11-8-9-16-39(32)45/h5-27H,3-4,28H2,1-2H3,(H,46,50)(H,47,51). The minimum Gasteiger partial charge on any atom is -0.489 e. The Morgan fingerprint density at radius 2 is 1.27 bits per heavy atom. The lowest BCUT2D eigenvalue weighted by molar-refractivity contribution is -0.118. The zero-order valence-electron chi connectivity index (χ0n) is 30.5. The second-order valence-electron chi connectivity index (χ2n) is 12.2. The quantitative estimate of drug-likeness (QED) is 0.0486. The second kappa shape index (κ2) is 18.4. The van der Waals surface area contributed by atoms with E-state index in [2.05, 4.69) is 10.6 Å². The van der Waals surface area contributed by atoms with E-state index in [-0.39, 0.29) is 25.4 Å². The van der Waals surface area contributed by atoms with E-state index in [4.69, 9.17) is 30.9 Å². The third-order valence-corrected chi connectivity index (χ3v) is 8.69. The predicted molar refractivity (Wildman–Crippen MR) is 215 cm³/mol. The molecule has 12 heteroatoms. The van der Waals surface area contributed by atoms with Crippen molar-refractivity contribution < 1.29 is 33.4 Å². The van der Waals surface area contributed by atoms with Crippen molar-refractivity contribution in [3.63, 3.8) is 0 Å². The van der Waals surface area contributed by atoms with Gasteiger partial charge in [0.2, 0.25) is 0 Å². The van der Waals surface area contributed by atoms with Crippen molar-refractivity contribution in [2.24, 2.45) is 0 Å². The van der Waals surface area contributed by atoms with Gasteiger partial charge in [0.1, 0.15) is 23.6 Å². The number of carbonyl (C=O) groups excluding carboxylic acids is 4. The van der Waals surface area contributed by atoms with Crippen LogP contribution in [0.25, 0.3) is 23.0 Å². The summed E-state index contributed by atoms with van der Waals surface area (Å²) in [5.74, 6) is -1.91. The van der Waals surface area contributed by atoms with Crippen LogP contribution in [0.5, 0.6) is 5.75 Å². The molecule has 282 valence electrons. The lowest BCUT2D eigenvalue weighted by Gasteiger charge is -2.12. The van der Waals surface area contributed by atoms with Crippen molar-refractivity contribution in [2.45, 2.75) is 20.5 Å². The summed E-state index contributed by atoms with van der Waals surface area (Å²) in [6.45, 7) is 4.09. The fraction of sp³-hybridized carbons (Fsp3) is 0.114. The molecule has 0 saturated heterocycles. The number of amides is 2. The van der Waals surface area contributed by atoms with E-state index in [0.717, 1.165) is 11.3 Å². The lowest BCUT2D eigenvalue weighted by Crippen LogP contribution is -2.25. The zero-order chi connectivity index (χ0) is 39.4. The Morgan fingerprint density at radius 1 is 0.696 bits per heavy atom. The molecule has 0 spiro atoms. The minimum absolute atomic E-state index is 0.217. The number of nitrogens with zero attached hydrogens (tertiary/aromatic N) is 2. The molecule has 0 unspecified atom stereocenters. The van der Waals surface area contributed by atoms with Crippen LogP contribution in [0.1, 0.15) is 45.7 Å². The van der Waals surface area contributed by atoms with Gasteiger partial charge in [-0.3, -0.25) is 9.59 Å². The summed E-state index contributed by atoms with van der Waals surface area (Å²) in [4.78, 5) is 52.5. The number of carbonyl (C=O) groups is 4. The molecule has 0 aliphatic rings. The van der Waals surface area contributed by atoms with Gasteiger partial charge in [-0.1, -0.05) is 60.1 Å². The largest absolute Gasteiger partial charge is 0.489 e. The van der Waals surface area contributed by atoms with Crippen molar-refractivity contribution in [1.29, 1.82) is 0 Å². The number of ether oxygens (including phenoxy) is 3. The van der Waals surface area contributed by atoms with Crippen LogP contribution in [0.2, 0.25) is 5.02 Å². The summed E-state index contributed by atoms with van der Waals surface area (Å²) in [5, 5.41) is 11.0. The van der Waals surface area contributed by atoms with Crippen molar-refractivity contribution in [3.8, 4) is 22.7 Å². The molecule has 0 atom stereocenters. The Balaban J connectivity index is 1.38. The number of hydrogen-bond donors (Lipinski definition) is 2. The maximum Gasteiger partial charge on any atom is 0.338 e. The van der Waals surface area contributed by atoms with Gasteiger partial charge < -0.3 is 24.8 Å². The van der Waals surface area contributed by atoms with Crippen molar-refractivity contribution in [2.75, 3.05) is 23.8 Å². The van der Waals surface area contributed by atoms with Crippen LogP contribution in [-0.4, -0.2) is 46.7 Å². The van der Waals surface area contributed by atoms with Crippen molar-refractivity contribution in [1.82, 2.24) is 9.78 Å². The third kappa shape index (κ3) is 9.76. The highest BCUT2D eigenvalue weighted by Gasteiger charge is 2.22. The monoisotopic (exact) mass is 768 g/mol. The van der Waals surface area contributed by atoms with E-state index < -0.39 is 23.8 Å². The number of esters is 2. The molecule has 0 aliphatic carbocycles. The van der Waals surface area contributed by atoms with E-state index >= 15 is 0 Å². The van der Waals surface area contributed by atoms with Gasteiger partial charge in [0.25, 0.3) is 11.8 Å². The maximum absolute atomic E-state index is 14.1. The van der Waals surface area contributed by atoms with Crippen molar-refractivity contribution >= 4 is 52.8 Å². The molecule has 2 N–H and O–H groups in total. The van der Waals surface area contributed by atoms with Crippen LogP contribution in [0.3, 0.4) is 0 Å². The van der Waals surface area contributed by atoms with Crippen molar-refractivity contribution in [3.05, 3.63) is 166 Å². The van der Waals surface area contributed by atoms with Crippen LogP contribution < -0.4 is 15.4 Å². The van der Waals surface area contributed by atoms with Crippen LogP contribution in [0.4, 0.5) is 11.4 Å². The Morgan fingerprint density at radius 3 is 1.84 bits per heavy atom. The molecule has 0 saturated carbocycles. The number of rotatable bonds is 14. The van der Waals surface area contributed by atoms with Crippen LogP contribution in [0.15, 0.2) is 139 Å². The molecule has 11 nitrogen and oxygen atoms in total. The Labute approximate surface area is 328 Å². The number of aromatic nitrogens is 2. The summed E-state index contributed by atoms with van der Waals surface area (Å²) in [7, 11) is 0. The normalized spacial score (nSPS) is 10.6. The molecule has 56 heavy (non-hydrogen) atoms. The van der Waals surface area contributed by atoms with Gasteiger partial charge in [-0.25, -0.2) is 14.3 Å². The number of halogens is 1. The van der Waals surface area contributed by atoms with E-state index in [1.165, 1.54) is 30.3 Å². The average molecular weight is 769 g/mol. The molecule has 6 aromatic rings. The number of benzene rings is 5. The van der Waals surface area contributed by atoms with Gasteiger partial charge in [-0.2, -0.15) is 5.10 Å². The molecule has 0 radical (unpaired) electrons. The van der Waals surface area contributed by atoms with Crippen LogP contribution >= 0.6 is 11.6 Å². The van der Waals surface area contributed by atoms with E-state index in [1.807, 2.05) is 72.8 Å². The topological polar surface area (TPSA) is 138 Å². The molecule has 2 amide bonds. The van der Waals surface area contributed by atoms with E-state index in [0.29, 0.717) is 50.1 Å². The number of hydrogen-bond acceptors (Lipinski definition) is 8. The van der Waals surface area contributed by atoms with Gasteiger partial charge in [-0.15, -0.1) is 0 Å².